The van der Waals surface area contributed by atoms with Crippen molar-refractivity contribution in [2.24, 2.45) is 5.73 Å². The molecule has 0 amide bonds. The second-order valence-corrected chi connectivity index (χ2v) is 4.63. The predicted molar refractivity (Wildman–Crippen MR) is 78.8 cm³/mol. The molecule has 0 aliphatic carbocycles. The van der Waals surface area contributed by atoms with Gasteiger partial charge in [-0.05, 0) is 55.2 Å². The highest BCUT2D eigenvalue weighted by Gasteiger charge is 1.99. The molecule has 0 heterocycles. The van der Waals surface area contributed by atoms with Crippen LogP contribution in [0.3, 0.4) is 0 Å². The van der Waals surface area contributed by atoms with E-state index in [0.717, 1.165) is 32.5 Å². The average Bonchev–Trinajstić information content (AvgIpc) is 2.43. The number of nitrogens with one attached hydrogen (secondary N) is 1. The van der Waals surface area contributed by atoms with Crippen molar-refractivity contribution in [3.63, 3.8) is 0 Å². The highest BCUT2D eigenvalue weighted by Crippen LogP contribution is 2.18. The maximum Gasteiger partial charge on any atom is -0.000813 e. The smallest absolute Gasteiger partial charge is 0.000813 e. The molecule has 2 heteroatoms. The van der Waals surface area contributed by atoms with Crippen LogP contribution in [0.5, 0.6) is 0 Å². The molecule has 2 nitrogen and oxygen atoms in total. The summed E-state index contributed by atoms with van der Waals surface area (Å²) < 4.78 is 0. The van der Waals surface area contributed by atoms with Gasteiger partial charge in [0.15, 0.2) is 0 Å². The summed E-state index contributed by atoms with van der Waals surface area (Å²) in [6.45, 7) is 2.91. The SMILES string of the molecule is NCCCCNCCc1cccc2ccccc12. The Bertz CT molecular complexity index is 474. The second-order valence-electron chi connectivity index (χ2n) is 4.63. The van der Waals surface area contributed by atoms with Gasteiger partial charge in [-0.3, -0.25) is 0 Å². The van der Waals surface area contributed by atoms with E-state index >= 15 is 0 Å². The molecule has 0 aliphatic rings. The van der Waals surface area contributed by atoms with Crippen molar-refractivity contribution >= 4 is 10.8 Å². The molecule has 0 saturated heterocycles. The molecule has 0 fully saturated rings. The van der Waals surface area contributed by atoms with E-state index in [1.165, 1.54) is 22.8 Å². The standard InChI is InChI=1S/C16H22N2/c17-11-3-4-12-18-13-10-15-8-5-7-14-6-1-2-9-16(14)15/h1-2,5-9,18H,3-4,10-13,17H2. The van der Waals surface area contributed by atoms with Crippen molar-refractivity contribution in [1.29, 1.82) is 0 Å². The minimum absolute atomic E-state index is 0.797. The number of hydrogen-bond acceptors (Lipinski definition) is 2. The highest BCUT2D eigenvalue weighted by molar-refractivity contribution is 5.85. The summed E-state index contributed by atoms with van der Waals surface area (Å²) in [5, 5.41) is 6.19. The minimum atomic E-state index is 0.797. The number of unbranched alkanes of at least 4 members (excludes halogenated alkanes) is 1. The third-order valence-electron chi connectivity index (χ3n) is 3.26. The molecule has 0 spiro atoms. The molecule has 2 aromatic rings. The molecular weight excluding hydrogens is 220 g/mol. The number of fused-ring (bicyclic) bond motifs is 1. The van der Waals surface area contributed by atoms with Crippen LogP contribution < -0.4 is 11.1 Å². The van der Waals surface area contributed by atoms with Crippen molar-refractivity contribution in [3.05, 3.63) is 48.0 Å². The molecule has 0 aliphatic heterocycles. The first-order chi connectivity index (χ1) is 8.92. The van der Waals surface area contributed by atoms with Crippen molar-refractivity contribution < 1.29 is 0 Å². The van der Waals surface area contributed by atoms with Crippen LogP contribution >= 0.6 is 0 Å². The van der Waals surface area contributed by atoms with Crippen LogP contribution in [0.25, 0.3) is 10.8 Å². The zero-order valence-electron chi connectivity index (χ0n) is 10.9. The van der Waals surface area contributed by atoms with Gasteiger partial charge in [-0.2, -0.15) is 0 Å². The topological polar surface area (TPSA) is 38.0 Å². The summed E-state index contributed by atoms with van der Waals surface area (Å²) in [4.78, 5) is 0. The van der Waals surface area contributed by atoms with Gasteiger partial charge in [0.1, 0.15) is 0 Å². The maximum atomic E-state index is 5.47. The molecule has 0 atom stereocenters. The van der Waals surface area contributed by atoms with Crippen LogP contribution in [0.1, 0.15) is 18.4 Å². The molecule has 0 saturated carbocycles. The Morgan fingerprint density at radius 2 is 1.72 bits per heavy atom. The Morgan fingerprint density at radius 1 is 0.889 bits per heavy atom. The molecule has 0 bridgehead atoms. The Labute approximate surface area is 109 Å². The van der Waals surface area contributed by atoms with E-state index in [2.05, 4.69) is 47.8 Å². The molecule has 2 rings (SSSR count). The van der Waals surface area contributed by atoms with E-state index in [9.17, 15) is 0 Å². The van der Waals surface area contributed by atoms with E-state index < -0.39 is 0 Å². The van der Waals surface area contributed by atoms with Crippen LogP contribution in [0.15, 0.2) is 42.5 Å². The Balaban J connectivity index is 1.88. The molecule has 2 aromatic carbocycles. The third kappa shape index (κ3) is 3.56. The number of nitrogens with two attached hydrogens (primary N) is 1. The molecule has 18 heavy (non-hydrogen) atoms. The molecule has 0 aromatic heterocycles. The van der Waals surface area contributed by atoms with Gasteiger partial charge < -0.3 is 11.1 Å². The highest BCUT2D eigenvalue weighted by atomic mass is 14.8. The molecule has 96 valence electrons. The maximum absolute atomic E-state index is 5.47. The van der Waals surface area contributed by atoms with E-state index in [1.807, 2.05) is 0 Å². The van der Waals surface area contributed by atoms with Crippen molar-refractivity contribution in [2.75, 3.05) is 19.6 Å². The fourth-order valence-corrected chi connectivity index (χ4v) is 2.25. The van der Waals surface area contributed by atoms with Gasteiger partial charge in [-0.15, -0.1) is 0 Å². The van der Waals surface area contributed by atoms with Crippen LogP contribution in [-0.2, 0) is 6.42 Å². The van der Waals surface area contributed by atoms with Gasteiger partial charge in [-0.1, -0.05) is 42.5 Å². The van der Waals surface area contributed by atoms with E-state index in [0.29, 0.717) is 0 Å². The second kappa shape index (κ2) is 7.14. The van der Waals surface area contributed by atoms with Crippen molar-refractivity contribution in [2.45, 2.75) is 19.3 Å². The van der Waals surface area contributed by atoms with Crippen molar-refractivity contribution in [1.82, 2.24) is 5.32 Å². The monoisotopic (exact) mass is 242 g/mol. The Morgan fingerprint density at radius 3 is 2.61 bits per heavy atom. The first-order valence-corrected chi connectivity index (χ1v) is 6.79. The number of benzene rings is 2. The predicted octanol–water partition coefficient (Wildman–Crippen LogP) is 2.71. The van der Waals surface area contributed by atoms with Crippen molar-refractivity contribution in [3.8, 4) is 0 Å². The minimum Gasteiger partial charge on any atom is -0.330 e. The Hall–Kier alpha value is -1.38. The summed E-state index contributed by atoms with van der Waals surface area (Å²) in [6, 6.07) is 15.1. The lowest BCUT2D eigenvalue weighted by molar-refractivity contribution is 0.628. The molecule has 0 unspecified atom stereocenters. The van der Waals surface area contributed by atoms with Gasteiger partial charge in [0.2, 0.25) is 0 Å². The quantitative estimate of drug-likeness (QED) is 0.733. The molecular formula is C16H22N2. The first-order valence-electron chi connectivity index (χ1n) is 6.79. The lowest BCUT2D eigenvalue weighted by atomic mass is 10.0. The molecule has 0 radical (unpaired) electrons. The summed E-state index contributed by atoms with van der Waals surface area (Å²) in [5.74, 6) is 0. The summed E-state index contributed by atoms with van der Waals surface area (Å²) >= 11 is 0. The van der Waals surface area contributed by atoms with Gasteiger partial charge in [-0.25, -0.2) is 0 Å². The lowest BCUT2D eigenvalue weighted by Crippen LogP contribution is -2.19. The van der Waals surface area contributed by atoms with E-state index in [-0.39, 0.29) is 0 Å². The van der Waals surface area contributed by atoms with Gasteiger partial charge in [0, 0.05) is 0 Å². The van der Waals surface area contributed by atoms with Gasteiger partial charge in [0.05, 0.1) is 0 Å². The number of rotatable bonds is 7. The summed E-state index contributed by atoms with van der Waals surface area (Å²) in [6.07, 6.45) is 3.37. The first kappa shape index (κ1) is 13.1. The number of hydrogen-bond donors (Lipinski definition) is 2. The largest absolute Gasteiger partial charge is 0.330 e. The fourth-order valence-electron chi connectivity index (χ4n) is 2.25. The lowest BCUT2D eigenvalue weighted by Gasteiger charge is -2.07. The van der Waals surface area contributed by atoms with Gasteiger partial charge >= 0.3 is 0 Å². The summed E-state index contributed by atoms with van der Waals surface area (Å²) in [7, 11) is 0. The van der Waals surface area contributed by atoms with Gasteiger partial charge in [0.25, 0.3) is 0 Å². The zero-order valence-corrected chi connectivity index (χ0v) is 10.9. The van der Waals surface area contributed by atoms with E-state index in [1.54, 1.807) is 0 Å². The third-order valence-corrected chi connectivity index (χ3v) is 3.26. The van der Waals surface area contributed by atoms with E-state index in [4.69, 9.17) is 5.73 Å². The molecule has 3 N–H and O–H groups in total. The normalized spacial score (nSPS) is 10.9. The van der Waals surface area contributed by atoms with Crippen LogP contribution in [-0.4, -0.2) is 19.6 Å². The summed E-state index contributed by atoms with van der Waals surface area (Å²) in [5.41, 5.74) is 6.90. The van der Waals surface area contributed by atoms with Crippen LogP contribution in [0.2, 0.25) is 0 Å². The zero-order chi connectivity index (χ0) is 12.6. The fraction of sp³-hybridized carbons (Fsp3) is 0.375. The van der Waals surface area contributed by atoms with Crippen LogP contribution in [0.4, 0.5) is 0 Å². The van der Waals surface area contributed by atoms with Crippen LogP contribution in [0, 0.1) is 0 Å². The Kier molecular flexibility index (Phi) is 5.18. The average molecular weight is 242 g/mol.